The van der Waals surface area contributed by atoms with E-state index >= 15 is 0 Å². The van der Waals surface area contributed by atoms with Gasteiger partial charge in [-0.3, -0.25) is 0 Å². The molecule has 0 bridgehead atoms. The lowest BCUT2D eigenvalue weighted by atomic mass is 10.1. The van der Waals surface area contributed by atoms with Gasteiger partial charge in [-0.25, -0.2) is 4.39 Å². The quantitative estimate of drug-likeness (QED) is 0.799. The van der Waals surface area contributed by atoms with Gasteiger partial charge in [-0.2, -0.15) is 5.26 Å². The third kappa shape index (κ3) is 3.05. The zero-order valence-corrected chi connectivity index (χ0v) is 8.93. The van der Waals surface area contributed by atoms with Crippen LogP contribution < -0.4 is 4.74 Å². The summed E-state index contributed by atoms with van der Waals surface area (Å²) < 4.78 is 18.4. The van der Waals surface area contributed by atoms with E-state index in [0.29, 0.717) is 11.5 Å². The maximum Gasteiger partial charge on any atom is 0.130 e. The largest absolute Gasteiger partial charge is 0.457 e. The van der Waals surface area contributed by atoms with E-state index in [1.807, 2.05) is 6.07 Å². The fraction of sp³-hybridized carbons (Fsp3) is 0. The second-order valence-corrected chi connectivity index (χ2v) is 3.41. The van der Waals surface area contributed by atoms with Gasteiger partial charge in [0, 0.05) is 6.07 Å². The Morgan fingerprint density at radius 1 is 1.06 bits per heavy atom. The van der Waals surface area contributed by atoms with E-state index in [4.69, 9.17) is 10.00 Å². The van der Waals surface area contributed by atoms with Crippen molar-refractivity contribution in [2.24, 2.45) is 0 Å². The standard InChI is InChI=1S/C14H9FNO/c15-12-4-2-6-14(10-12)17-13-5-1-3-11(9-13)7-8-16/h1-7,9-10H. The summed E-state index contributed by atoms with van der Waals surface area (Å²) in [4.78, 5) is 0. The molecule has 0 N–H and O–H groups in total. The zero-order valence-electron chi connectivity index (χ0n) is 8.93. The normalized spacial score (nSPS) is 9.65. The van der Waals surface area contributed by atoms with Gasteiger partial charge in [0.2, 0.25) is 0 Å². The molecule has 2 aromatic carbocycles. The van der Waals surface area contributed by atoms with E-state index in [9.17, 15) is 4.39 Å². The highest BCUT2D eigenvalue weighted by Crippen LogP contribution is 2.23. The molecule has 0 aromatic heterocycles. The van der Waals surface area contributed by atoms with Gasteiger partial charge in [0.25, 0.3) is 0 Å². The first-order valence-electron chi connectivity index (χ1n) is 5.04. The van der Waals surface area contributed by atoms with E-state index < -0.39 is 0 Å². The molecule has 0 aliphatic carbocycles. The fourth-order valence-corrected chi connectivity index (χ4v) is 1.41. The maximum atomic E-state index is 12.9. The van der Waals surface area contributed by atoms with Crippen molar-refractivity contribution < 1.29 is 9.13 Å². The SMILES string of the molecule is N#C[CH]c1cccc(Oc2cccc(F)c2)c1. The molecule has 0 atom stereocenters. The third-order valence-corrected chi connectivity index (χ3v) is 2.12. The van der Waals surface area contributed by atoms with E-state index in [1.54, 1.807) is 36.4 Å². The van der Waals surface area contributed by atoms with E-state index in [1.165, 1.54) is 18.6 Å². The molecule has 1 radical (unpaired) electrons. The van der Waals surface area contributed by atoms with Crippen LogP contribution in [0.5, 0.6) is 11.5 Å². The first-order valence-corrected chi connectivity index (χ1v) is 5.04. The number of rotatable bonds is 3. The Kier molecular flexibility index (Phi) is 3.37. The second kappa shape index (κ2) is 5.13. The summed E-state index contributed by atoms with van der Waals surface area (Å²) in [6.45, 7) is 0. The molecule has 0 heterocycles. The number of hydrogen-bond acceptors (Lipinski definition) is 2. The van der Waals surface area contributed by atoms with Crippen LogP contribution in [-0.2, 0) is 0 Å². The highest BCUT2D eigenvalue weighted by Gasteiger charge is 2.00. The summed E-state index contributed by atoms with van der Waals surface area (Å²) in [7, 11) is 0. The van der Waals surface area contributed by atoms with Crippen LogP contribution >= 0.6 is 0 Å². The molecule has 0 amide bonds. The summed E-state index contributed by atoms with van der Waals surface area (Å²) in [6.07, 6.45) is 1.42. The molecule has 0 spiro atoms. The Morgan fingerprint density at radius 2 is 1.76 bits per heavy atom. The van der Waals surface area contributed by atoms with Crippen LogP contribution in [0.4, 0.5) is 4.39 Å². The number of nitriles is 1. The summed E-state index contributed by atoms with van der Waals surface area (Å²) in [5.41, 5.74) is 0.751. The van der Waals surface area contributed by atoms with Crippen LogP contribution in [0.2, 0.25) is 0 Å². The lowest BCUT2D eigenvalue weighted by Gasteiger charge is -2.06. The monoisotopic (exact) mass is 226 g/mol. The Hall–Kier alpha value is -2.34. The van der Waals surface area contributed by atoms with Gasteiger partial charge < -0.3 is 4.74 Å². The number of halogens is 1. The van der Waals surface area contributed by atoms with Crippen molar-refractivity contribution >= 4 is 0 Å². The molecular weight excluding hydrogens is 217 g/mol. The van der Waals surface area contributed by atoms with Gasteiger partial charge in [0.15, 0.2) is 0 Å². The number of ether oxygens (including phenoxy) is 1. The molecule has 83 valence electrons. The van der Waals surface area contributed by atoms with Gasteiger partial charge >= 0.3 is 0 Å². The van der Waals surface area contributed by atoms with E-state index in [2.05, 4.69) is 0 Å². The van der Waals surface area contributed by atoms with Crippen LogP contribution in [0, 0.1) is 23.6 Å². The zero-order chi connectivity index (χ0) is 12.1. The smallest absolute Gasteiger partial charge is 0.130 e. The van der Waals surface area contributed by atoms with Crippen molar-refractivity contribution in [3.63, 3.8) is 0 Å². The lowest BCUT2D eigenvalue weighted by Crippen LogP contribution is -1.86. The number of nitrogens with zero attached hydrogens (tertiary/aromatic N) is 1. The lowest BCUT2D eigenvalue weighted by molar-refractivity contribution is 0.476. The van der Waals surface area contributed by atoms with Gasteiger partial charge in [0.1, 0.15) is 17.3 Å². The third-order valence-electron chi connectivity index (χ3n) is 2.12. The van der Waals surface area contributed by atoms with Gasteiger partial charge in [-0.15, -0.1) is 0 Å². The number of hydrogen-bond donors (Lipinski definition) is 0. The molecule has 2 nitrogen and oxygen atoms in total. The minimum absolute atomic E-state index is 0.345. The van der Waals surface area contributed by atoms with Crippen molar-refractivity contribution in [1.29, 1.82) is 5.26 Å². The van der Waals surface area contributed by atoms with Crippen molar-refractivity contribution in [1.82, 2.24) is 0 Å². The molecule has 0 aliphatic heterocycles. The van der Waals surface area contributed by atoms with Crippen molar-refractivity contribution in [2.45, 2.75) is 0 Å². The van der Waals surface area contributed by atoms with Crippen LogP contribution in [0.15, 0.2) is 48.5 Å². The molecule has 2 aromatic rings. The van der Waals surface area contributed by atoms with Crippen LogP contribution in [0.25, 0.3) is 0 Å². The van der Waals surface area contributed by atoms with Crippen LogP contribution in [0.1, 0.15) is 5.56 Å². The molecule has 0 saturated carbocycles. The predicted molar refractivity (Wildman–Crippen MR) is 61.9 cm³/mol. The summed E-state index contributed by atoms with van der Waals surface area (Å²) in [5, 5.41) is 8.54. The Morgan fingerprint density at radius 3 is 2.47 bits per heavy atom. The summed E-state index contributed by atoms with van der Waals surface area (Å²) in [6, 6.07) is 14.9. The molecule has 0 saturated heterocycles. The second-order valence-electron chi connectivity index (χ2n) is 3.41. The minimum atomic E-state index is -0.345. The van der Waals surface area contributed by atoms with E-state index in [0.717, 1.165) is 5.56 Å². The minimum Gasteiger partial charge on any atom is -0.457 e. The molecule has 0 unspecified atom stereocenters. The molecule has 17 heavy (non-hydrogen) atoms. The molecule has 2 rings (SSSR count). The Balaban J connectivity index is 2.19. The first-order chi connectivity index (χ1) is 8.28. The average Bonchev–Trinajstić information content (AvgIpc) is 2.30. The van der Waals surface area contributed by atoms with Gasteiger partial charge in [-0.05, 0) is 29.8 Å². The first kappa shape index (κ1) is 11.2. The van der Waals surface area contributed by atoms with Crippen LogP contribution in [-0.4, -0.2) is 0 Å². The van der Waals surface area contributed by atoms with Crippen molar-refractivity contribution in [2.75, 3.05) is 0 Å². The van der Waals surface area contributed by atoms with Crippen molar-refractivity contribution in [3.8, 4) is 17.6 Å². The van der Waals surface area contributed by atoms with Crippen LogP contribution in [0.3, 0.4) is 0 Å². The highest BCUT2D eigenvalue weighted by atomic mass is 19.1. The van der Waals surface area contributed by atoms with Gasteiger partial charge in [-0.1, -0.05) is 18.2 Å². The highest BCUT2D eigenvalue weighted by molar-refractivity contribution is 5.38. The number of benzene rings is 2. The molecule has 0 fully saturated rings. The topological polar surface area (TPSA) is 33.0 Å². The van der Waals surface area contributed by atoms with Crippen molar-refractivity contribution in [3.05, 3.63) is 66.3 Å². The molecule has 0 aliphatic rings. The van der Waals surface area contributed by atoms with E-state index in [-0.39, 0.29) is 5.82 Å². The maximum absolute atomic E-state index is 12.9. The summed E-state index contributed by atoms with van der Waals surface area (Å²) >= 11 is 0. The predicted octanol–water partition coefficient (Wildman–Crippen LogP) is 3.69. The van der Waals surface area contributed by atoms with Gasteiger partial charge in [0.05, 0.1) is 12.5 Å². The molecular formula is C14H9FNO. The fourth-order valence-electron chi connectivity index (χ4n) is 1.41. The Labute approximate surface area is 98.9 Å². The summed E-state index contributed by atoms with van der Waals surface area (Å²) in [5.74, 6) is 0.654. The Bertz CT molecular complexity index is 560. The molecule has 3 heteroatoms. The average molecular weight is 226 g/mol.